The maximum Gasteiger partial charge on any atom is 0.259 e. The first-order chi connectivity index (χ1) is 12.4. The highest BCUT2D eigenvalue weighted by Crippen LogP contribution is 2.35. The lowest BCUT2D eigenvalue weighted by Crippen LogP contribution is -2.48. The van der Waals surface area contributed by atoms with Gasteiger partial charge in [0.25, 0.3) is 5.91 Å². The summed E-state index contributed by atoms with van der Waals surface area (Å²) in [6.45, 7) is 7.36. The fourth-order valence-electron chi connectivity index (χ4n) is 3.15. The summed E-state index contributed by atoms with van der Waals surface area (Å²) in [5.74, 6) is 1.00. The van der Waals surface area contributed by atoms with Crippen LogP contribution in [0.2, 0.25) is 10.0 Å². The number of hydrogen-bond donors (Lipinski definition) is 0. The summed E-state index contributed by atoms with van der Waals surface area (Å²) in [5, 5.41) is 4.71. The van der Waals surface area contributed by atoms with E-state index < -0.39 is 0 Å². The summed E-state index contributed by atoms with van der Waals surface area (Å²) >= 11 is 12.4. The van der Waals surface area contributed by atoms with Crippen molar-refractivity contribution in [1.82, 2.24) is 15.0 Å². The second-order valence-electron chi connectivity index (χ2n) is 6.31. The Labute approximate surface area is 162 Å². The van der Waals surface area contributed by atoms with Crippen LogP contribution in [-0.2, 0) is 6.54 Å². The van der Waals surface area contributed by atoms with E-state index in [0.29, 0.717) is 34.4 Å². The van der Waals surface area contributed by atoms with Crippen LogP contribution in [0.25, 0.3) is 0 Å². The third kappa shape index (κ3) is 3.68. The average Bonchev–Trinajstić information content (AvgIpc) is 2.95. The lowest BCUT2D eigenvalue weighted by molar-refractivity contribution is 0.0624. The first-order valence-corrected chi connectivity index (χ1v) is 9.13. The van der Waals surface area contributed by atoms with Crippen molar-refractivity contribution in [1.29, 1.82) is 0 Å². The van der Waals surface area contributed by atoms with Crippen LogP contribution in [0.3, 0.4) is 0 Å². The Morgan fingerprint density at radius 1 is 1.19 bits per heavy atom. The minimum atomic E-state index is -0.161. The molecule has 1 aliphatic rings. The van der Waals surface area contributed by atoms with E-state index in [1.807, 2.05) is 13.8 Å². The van der Waals surface area contributed by atoms with Crippen molar-refractivity contribution < 1.29 is 14.1 Å². The Bertz CT molecular complexity index is 795. The number of aromatic nitrogens is 1. The molecular formula is C18H21Cl2N3O3. The molecule has 1 amide bonds. The van der Waals surface area contributed by atoms with E-state index in [4.69, 9.17) is 32.5 Å². The molecule has 0 saturated carbocycles. The molecule has 140 valence electrons. The van der Waals surface area contributed by atoms with Crippen molar-refractivity contribution in [2.75, 3.05) is 33.3 Å². The predicted molar refractivity (Wildman–Crippen MR) is 100 cm³/mol. The third-order valence-electron chi connectivity index (χ3n) is 4.70. The molecule has 6 nitrogen and oxygen atoms in total. The summed E-state index contributed by atoms with van der Waals surface area (Å²) < 4.78 is 10.5. The molecule has 0 aliphatic carbocycles. The quantitative estimate of drug-likeness (QED) is 0.788. The summed E-state index contributed by atoms with van der Waals surface area (Å²) in [4.78, 5) is 17.0. The van der Waals surface area contributed by atoms with Gasteiger partial charge in [-0.15, -0.1) is 0 Å². The second kappa shape index (κ2) is 7.86. The molecule has 1 aliphatic heterocycles. The van der Waals surface area contributed by atoms with Crippen LogP contribution in [0.15, 0.2) is 16.7 Å². The molecule has 3 rings (SSSR count). The Balaban J connectivity index is 1.69. The van der Waals surface area contributed by atoms with Crippen molar-refractivity contribution >= 4 is 29.1 Å². The first kappa shape index (κ1) is 19.0. The number of nitrogens with zero attached hydrogens (tertiary/aromatic N) is 3. The zero-order valence-corrected chi connectivity index (χ0v) is 16.5. The number of piperazine rings is 1. The number of carbonyl (C=O) groups is 1. The molecule has 1 aromatic heterocycles. The number of methoxy groups -OCH3 is 1. The molecule has 1 fully saturated rings. The average molecular weight is 398 g/mol. The van der Waals surface area contributed by atoms with Gasteiger partial charge in [-0.25, -0.2) is 0 Å². The predicted octanol–water partition coefficient (Wildman–Crippen LogP) is 3.56. The van der Waals surface area contributed by atoms with Gasteiger partial charge < -0.3 is 14.2 Å². The SMILES string of the molecule is COc1c(Cl)ccc(Cl)c1C(=O)N1CCN(Cc2c(C)noc2C)CC1. The molecule has 0 unspecified atom stereocenters. The molecule has 0 atom stereocenters. The highest BCUT2D eigenvalue weighted by atomic mass is 35.5. The van der Waals surface area contributed by atoms with Crippen molar-refractivity contribution in [2.45, 2.75) is 20.4 Å². The van der Waals surface area contributed by atoms with E-state index in [-0.39, 0.29) is 5.91 Å². The van der Waals surface area contributed by atoms with Crippen LogP contribution >= 0.6 is 23.2 Å². The third-order valence-corrected chi connectivity index (χ3v) is 5.31. The van der Waals surface area contributed by atoms with E-state index >= 15 is 0 Å². The zero-order valence-electron chi connectivity index (χ0n) is 15.0. The first-order valence-electron chi connectivity index (χ1n) is 8.37. The number of halogens is 2. The normalized spacial score (nSPS) is 15.3. The van der Waals surface area contributed by atoms with Gasteiger partial charge >= 0.3 is 0 Å². The number of amides is 1. The number of carbonyl (C=O) groups excluding carboxylic acids is 1. The van der Waals surface area contributed by atoms with Crippen LogP contribution in [0, 0.1) is 13.8 Å². The number of hydrogen-bond acceptors (Lipinski definition) is 5. The van der Waals surface area contributed by atoms with Crippen LogP contribution in [0.1, 0.15) is 27.4 Å². The lowest BCUT2D eigenvalue weighted by Gasteiger charge is -2.35. The van der Waals surface area contributed by atoms with Gasteiger partial charge in [0.1, 0.15) is 11.3 Å². The molecule has 8 heteroatoms. The fourth-order valence-corrected chi connectivity index (χ4v) is 3.61. The molecule has 1 saturated heterocycles. The standard InChI is InChI=1S/C18H21Cl2N3O3/c1-11-13(12(2)26-21-11)10-22-6-8-23(9-7-22)18(24)16-14(19)4-5-15(20)17(16)25-3/h4-5H,6-10H2,1-3H3. The van der Waals surface area contributed by atoms with Gasteiger partial charge in [0.05, 0.1) is 22.8 Å². The van der Waals surface area contributed by atoms with Crippen molar-refractivity contribution in [3.8, 4) is 5.75 Å². The van der Waals surface area contributed by atoms with Crippen molar-refractivity contribution in [3.05, 3.63) is 44.8 Å². The summed E-state index contributed by atoms with van der Waals surface area (Å²) in [6, 6.07) is 3.24. The zero-order chi connectivity index (χ0) is 18.8. The van der Waals surface area contributed by atoms with E-state index in [1.165, 1.54) is 7.11 Å². The van der Waals surface area contributed by atoms with E-state index in [0.717, 1.165) is 36.7 Å². The highest BCUT2D eigenvalue weighted by Gasteiger charge is 2.28. The van der Waals surface area contributed by atoms with E-state index in [2.05, 4.69) is 10.1 Å². The molecule has 0 radical (unpaired) electrons. The maximum atomic E-state index is 12.9. The topological polar surface area (TPSA) is 58.8 Å². The molecule has 2 heterocycles. The van der Waals surface area contributed by atoms with Gasteiger partial charge in [-0.1, -0.05) is 28.4 Å². The van der Waals surface area contributed by atoms with Gasteiger partial charge in [0.2, 0.25) is 0 Å². The monoisotopic (exact) mass is 397 g/mol. The number of benzene rings is 1. The number of rotatable bonds is 4. The van der Waals surface area contributed by atoms with Crippen LogP contribution in [-0.4, -0.2) is 54.2 Å². The summed E-state index contributed by atoms with van der Waals surface area (Å²) in [6.07, 6.45) is 0. The molecule has 0 spiro atoms. The Kier molecular flexibility index (Phi) is 5.75. The number of ether oxygens (including phenoxy) is 1. The van der Waals surface area contributed by atoms with E-state index in [1.54, 1.807) is 17.0 Å². The smallest absolute Gasteiger partial charge is 0.259 e. The minimum absolute atomic E-state index is 0.161. The Morgan fingerprint density at radius 2 is 1.85 bits per heavy atom. The minimum Gasteiger partial charge on any atom is -0.494 e. The van der Waals surface area contributed by atoms with Gasteiger partial charge in [0, 0.05) is 38.3 Å². The highest BCUT2D eigenvalue weighted by molar-refractivity contribution is 6.37. The molecule has 0 N–H and O–H groups in total. The van der Waals surface area contributed by atoms with Crippen LogP contribution < -0.4 is 4.74 Å². The lowest BCUT2D eigenvalue weighted by atomic mass is 10.1. The van der Waals surface area contributed by atoms with Crippen molar-refractivity contribution in [2.24, 2.45) is 0 Å². The fraction of sp³-hybridized carbons (Fsp3) is 0.444. The number of aryl methyl sites for hydroxylation is 2. The molecular weight excluding hydrogens is 377 g/mol. The van der Waals surface area contributed by atoms with Crippen molar-refractivity contribution in [3.63, 3.8) is 0 Å². The molecule has 0 bridgehead atoms. The van der Waals surface area contributed by atoms with Gasteiger partial charge in [-0.3, -0.25) is 9.69 Å². The Hall–Kier alpha value is -1.76. The van der Waals surface area contributed by atoms with E-state index in [9.17, 15) is 4.79 Å². The largest absolute Gasteiger partial charge is 0.494 e. The van der Waals surface area contributed by atoms with Gasteiger partial charge in [-0.05, 0) is 26.0 Å². The maximum absolute atomic E-state index is 12.9. The molecule has 2 aromatic rings. The molecule has 26 heavy (non-hydrogen) atoms. The summed E-state index contributed by atoms with van der Waals surface area (Å²) in [5.41, 5.74) is 2.35. The van der Waals surface area contributed by atoms with Gasteiger partial charge in [-0.2, -0.15) is 0 Å². The molecule has 1 aromatic carbocycles. The van der Waals surface area contributed by atoms with Gasteiger partial charge in [0.15, 0.2) is 5.75 Å². The Morgan fingerprint density at radius 3 is 2.42 bits per heavy atom. The van der Waals surface area contributed by atoms with Crippen LogP contribution in [0.5, 0.6) is 5.75 Å². The summed E-state index contributed by atoms with van der Waals surface area (Å²) in [7, 11) is 1.48. The second-order valence-corrected chi connectivity index (χ2v) is 7.12. The van der Waals surface area contributed by atoms with Crippen LogP contribution in [0.4, 0.5) is 0 Å².